The molecule has 3 atom stereocenters. The van der Waals surface area contributed by atoms with Crippen LogP contribution in [0.4, 0.5) is 0 Å². The second-order valence-electron chi connectivity index (χ2n) is 5.92. The molecular weight excluding hydrogens is 339 g/mol. The number of hydrogen-bond donors (Lipinski definition) is 1. The van der Waals surface area contributed by atoms with E-state index in [0.717, 1.165) is 19.3 Å². The predicted octanol–water partition coefficient (Wildman–Crippen LogP) is 3.63. The lowest BCUT2D eigenvalue weighted by atomic mass is 9.86. The van der Waals surface area contributed by atoms with Gasteiger partial charge in [-0.2, -0.15) is 0 Å². The molecule has 1 N–H and O–H groups in total. The van der Waals surface area contributed by atoms with Crippen LogP contribution in [0, 0.1) is 5.92 Å². The van der Waals surface area contributed by atoms with Crippen LogP contribution in [0.5, 0.6) is 0 Å². The van der Waals surface area contributed by atoms with Gasteiger partial charge in [0.2, 0.25) is 0 Å². The molecule has 7 heteroatoms. The highest BCUT2D eigenvalue weighted by Crippen LogP contribution is 2.24. The predicted molar refractivity (Wildman–Crippen MR) is 88.7 cm³/mol. The molecule has 1 amide bonds. The number of pyridine rings is 1. The smallest absolute Gasteiger partial charge is 0.340 e. The van der Waals surface area contributed by atoms with Crippen molar-refractivity contribution in [1.29, 1.82) is 0 Å². The van der Waals surface area contributed by atoms with E-state index < -0.39 is 12.1 Å². The Labute approximate surface area is 145 Å². The zero-order valence-corrected chi connectivity index (χ0v) is 14.7. The normalized spacial score (nSPS) is 22.3. The van der Waals surface area contributed by atoms with Crippen LogP contribution in [0.25, 0.3) is 0 Å². The van der Waals surface area contributed by atoms with Gasteiger partial charge in [0, 0.05) is 12.2 Å². The van der Waals surface area contributed by atoms with Gasteiger partial charge in [-0.15, -0.1) is 0 Å². The molecule has 0 radical (unpaired) electrons. The summed E-state index contributed by atoms with van der Waals surface area (Å²) in [6.45, 7) is 3.67. The molecule has 0 saturated heterocycles. The third kappa shape index (κ3) is 4.82. The SMILES string of the molecule is C[C@@H](OC(=O)c1cnc(Cl)c(Cl)c1)C(=O)N[C@@H]1CCCC[C@@H]1C. The Balaban J connectivity index is 1.92. The van der Waals surface area contributed by atoms with Gasteiger partial charge in [0.1, 0.15) is 5.15 Å². The topological polar surface area (TPSA) is 68.3 Å². The molecule has 1 aromatic heterocycles. The van der Waals surface area contributed by atoms with Crippen LogP contribution in [0.3, 0.4) is 0 Å². The lowest BCUT2D eigenvalue weighted by Gasteiger charge is -2.30. The molecule has 1 heterocycles. The Morgan fingerprint density at radius 2 is 2.04 bits per heavy atom. The number of amides is 1. The fourth-order valence-electron chi connectivity index (χ4n) is 2.65. The van der Waals surface area contributed by atoms with Gasteiger partial charge >= 0.3 is 5.97 Å². The lowest BCUT2D eigenvalue weighted by molar-refractivity contribution is -0.130. The zero-order valence-electron chi connectivity index (χ0n) is 13.1. The largest absolute Gasteiger partial charge is 0.449 e. The molecule has 0 bridgehead atoms. The Kier molecular flexibility index (Phi) is 6.25. The first kappa shape index (κ1) is 18.0. The number of nitrogens with zero attached hydrogens (tertiary/aromatic N) is 1. The third-order valence-electron chi connectivity index (χ3n) is 4.12. The molecule has 5 nitrogen and oxygen atoms in total. The van der Waals surface area contributed by atoms with Crippen molar-refractivity contribution in [3.05, 3.63) is 28.0 Å². The van der Waals surface area contributed by atoms with Crippen LogP contribution in [0.15, 0.2) is 12.3 Å². The number of ether oxygens (including phenoxy) is 1. The number of esters is 1. The van der Waals surface area contributed by atoms with Crippen molar-refractivity contribution in [2.24, 2.45) is 5.92 Å². The number of carbonyl (C=O) groups is 2. The van der Waals surface area contributed by atoms with Gasteiger partial charge in [0.15, 0.2) is 6.10 Å². The molecule has 0 unspecified atom stereocenters. The van der Waals surface area contributed by atoms with Crippen LogP contribution in [0.2, 0.25) is 10.2 Å². The summed E-state index contributed by atoms with van der Waals surface area (Å²) in [7, 11) is 0. The van der Waals surface area contributed by atoms with Crippen molar-refractivity contribution in [1.82, 2.24) is 10.3 Å². The number of aromatic nitrogens is 1. The summed E-state index contributed by atoms with van der Waals surface area (Å²) in [4.78, 5) is 28.0. The Morgan fingerprint density at radius 3 is 2.70 bits per heavy atom. The minimum absolute atomic E-state index is 0.111. The minimum atomic E-state index is -0.883. The first-order valence-corrected chi connectivity index (χ1v) is 8.46. The van der Waals surface area contributed by atoms with Gasteiger partial charge in [0.05, 0.1) is 10.6 Å². The Hall–Kier alpha value is -1.33. The molecule has 1 saturated carbocycles. The molecule has 0 aliphatic heterocycles. The molecule has 1 aliphatic rings. The van der Waals surface area contributed by atoms with E-state index in [1.807, 2.05) is 0 Å². The van der Waals surface area contributed by atoms with Gasteiger partial charge in [-0.25, -0.2) is 9.78 Å². The summed E-state index contributed by atoms with van der Waals surface area (Å²) in [5.74, 6) is -0.504. The number of halogens is 2. The maximum atomic E-state index is 12.2. The molecule has 0 aromatic carbocycles. The van der Waals surface area contributed by atoms with Crippen molar-refractivity contribution in [2.75, 3.05) is 0 Å². The number of carbonyl (C=O) groups excluding carboxylic acids is 2. The second-order valence-corrected chi connectivity index (χ2v) is 6.69. The molecule has 126 valence electrons. The summed E-state index contributed by atoms with van der Waals surface area (Å²) < 4.78 is 5.18. The highest BCUT2D eigenvalue weighted by molar-refractivity contribution is 6.41. The van der Waals surface area contributed by atoms with Gasteiger partial charge in [-0.05, 0) is 31.7 Å². The minimum Gasteiger partial charge on any atom is -0.449 e. The van der Waals surface area contributed by atoms with E-state index in [4.69, 9.17) is 27.9 Å². The van der Waals surface area contributed by atoms with E-state index in [2.05, 4.69) is 17.2 Å². The molecule has 2 rings (SSSR count). The van der Waals surface area contributed by atoms with Crippen molar-refractivity contribution < 1.29 is 14.3 Å². The first-order chi connectivity index (χ1) is 10.9. The highest BCUT2D eigenvalue weighted by Gasteiger charge is 2.26. The van der Waals surface area contributed by atoms with E-state index in [-0.39, 0.29) is 27.7 Å². The van der Waals surface area contributed by atoms with Gasteiger partial charge in [0.25, 0.3) is 5.91 Å². The van der Waals surface area contributed by atoms with E-state index >= 15 is 0 Å². The first-order valence-electron chi connectivity index (χ1n) is 7.71. The van der Waals surface area contributed by atoms with Crippen LogP contribution in [0.1, 0.15) is 49.9 Å². The van der Waals surface area contributed by atoms with E-state index in [9.17, 15) is 9.59 Å². The Bertz CT molecular complexity index is 595. The summed E-state index contributed by atoms with van der Waals surface area (Å²) in [6, 6.07) is 1.51. The molecule has 1 fully saturated rings. The summed E-state index contributed by atoms with van der Waals surface area (Å²) in [5, 5.41) is 3.24. The monoisotopic (exact) mass is 358 g/mol. The standard InChI is InChI=1S/C16H20Cl2N2O3/c1-9-5-3-4-6-13(9)20-15(21)10(2)23-16(22)11-7-12(17)14(18)19-8-11/h7-10,13H,3-6H2,1-2H3,(H,20,21)/t9-,10+,13+/m0/s1. The number of nitrogens with one attached hydrogen (secondary N) is 1. The number of rotatable bonds is 4. The van der Waals surface area contributed by atoms with Gasteiger partial charge in [-0.3, -0.25) is 4.79 Å². The second kappa shape index (κ2) is 7.97. The van der Waals surface area contributed by atoms with Crippen LogP contribution >= 0.6 is 23.2 Å². The zero-order chi connectivity index (χ0) is 17.0. The molecular formula is C16H20Cl2N2O3. The molecule has 23 heavy (non-hydrogen) atoms. The van der Waals surface area contributed by atoms with E-state index in [0.29, 0.717) is 5.92 Å². The number of hydrogen-bond acceptors (Lipinski definition) is 4. The summed E-state index contributed by atoms with van der Waals surface area (Å²) >= 11 is 11.5. The van der Waals surface area contributed by atoms with E-state index in [1.54, 1.807) is 6.92 Å². The summed E-state index contributed by atoms with van der Waals surface area (Å²) in [5.41, 5.74) is 0.157. The average Bonchev–Trinajstić information content (AvgIpc) is 2.52. The molecule has 0 spiro atoms. The quantitative estimate of drug-likeness (QED) is 0.659. The van der Waals surface area contributed by atoms with E-state index in [1.165, 1.54) is 18.7 Å². The van der Waals surface area contributed by atoms with Crippen molar-refractivity contribution in [2.45, 2.75) is 51.7 Å². The van der Waals surface area contributed by atoms with Gasteiger partial charge < -0.3 is 10.1 Å². The fourth-order valence-corrected chi connectivity index (χ4v) is 2.92. The third-order valence-corrected chi connectivity index (χ3v) is 4.81. The Morgan fingerprint density at radius 1 is 1.35 bits per heavy atom. The van der Waals surface area contributed by atoms with Crippen molar-refractivity contribution in [3.63, 3.8) is 0 Å². The molecule has 1 aliphatic carbocycles. The molecule has 1 aromatic rings. The fraction of sp³-hybridized carbons (Fsp3) is 0.562. The average molecular weight is 359 g/mol. The maximum Gasteiger partial charge on any atom is 0.340 e. The van der Waals surface area contributed by atoms with Crippen LogP contribution < -0.4 is 5.32 Å². The highest BCUT2D eigenvalue weighted by atomic mass is 35.5. The van der Waals surface area contributed by atoms with Gasteiger partial charge in [-0.1, -0.05) is 43.0 Å². The maximum absolute atomic E-state index is 12.2. The summed E-state index contributed by atoms with van der Waals surface area (Å²) in [6.07, 6.45) is 4.76. The van der Waals surface area contributed by atoms with Crippen molar-refractivity contribution in [3.8, 4) is 0 Å². The van der Waals surface area contributed by atoms with Crippen molar-refractivity contribution >= 4 is 35.1 Å². The van der Waals surface area contributed by atoms with Crippen LogP contribution in [-0.4, -0.2) is 29.0 Å². The van der Waals surface area contributed by atoms with Crippen LogP contribution in [-0.2, 0) is 9.53 Å². The lowest BCUT2D eigenvalue weighted by Crippen LogP contribution is -2.46.